The maximum atomic E-state index is 13.1. The summed E-state index contributed by atoms with van der Waals surface area (Å²) in [5.41, 5.74) is 1.62. The van der Waals surface area contributed by atoms with Crippen molar-refractivity contribution >= 4 is 29.5 Å². The van der Waals surface area contributed by atoms with Crippen molar-refractivity contribution in [2.75, 3.05) is 52.7 Å². The first kappa shape index (κ1) is 25.4. The van der Waals surface area contributed by atoms with Crippen LogP contribution in [0.2, 0.25) is 0 Å². The van der Waals surface area contributed by atoms with E-state index in [0.717, 1.165) is 10.5 Å². The van der Waals surface area contributed by atoms with Gasteiger partial charge >= 0.3 is 0 Å². The molecule has 1 N–H and O–H groups in total. The van der Waals surface area contributed by atoms with E-state index in [-0.39, 0.29) is 23.5 Å². The predicted molar refractivity (Wildman–Crippen MR) is 132 cm³/mol. The molecule has 0 spiro atoms. The lowest BCUT2D eigenvalue weighted by atomic mass is 10.1. The fourth-order valence-corrected chi connectivity index (χ4v) is 4.61. The molecule has 1 fully saturated rings. The van der Waals surface area contributed by atoms with Gasteiger partial charge in [0.25, 0.3) is 5.91 Å². The van der Waals surface area contributed by atoms with E-state index in [9.17, 15) is 14.4 Å². The van der Waals surface area contributed by atoms with Gasteiger partial charge in [0.1, 0.15) is 0 Å². The van der Waals surface area contributed by atoms with Crippen LogP contribution in [0.3, 0.4) is 0 Å². The number of piperazine rings is 1. The summed E-state index contributed by atoms with van der Waals surface area (Å²) in [5.74, 6) is 1.41. The highest BCUT2D eigenvalue weighted by Gasteiger charge is 2.24. The third-order valence-electron chi connectivity index (χ3n) is 5.67. The predicted octanol–water partition coefficient (Wildman–Crippen LogP) is 2.46. The van der Waals surface area contributed by atoms with E-state index in [4.69, 9.17) is 9.47 Å². The van der Waals surface area contributed by atoms with Crippen molar-refractivity contribution in [2.24, 2.45) is 0 Å². The second-order valence-corrected chi connectivity index (χ2v) is 8.89. The zero-order chi connectivity index (χ0) is 24.5. The number of ether oxygens (including phenoxy) is 2. The molecule has 1 aliphatic rings. The highest BCUT2D eigenvalue weighted by molar-refractivity contribution is 8.00. The summed E-state index contributed by atoms with van der Waals surface area (Å²) in [4.78, 5) is 41.3. The van der Waals surface area contributed by atoms with Crippen LogP contribution in [0.1, 0.15) is 22.8 Å². The minimum absolute atomic E-state index is 0.0280. The monoisotopic (exact) mass is 485 g/mol. The van der Waals surface area contributed by atoms with Crippen LogP contribution < -0.4 is 14.8 Å². The number of carbonyl (C=O) groups excluding carboxylic acids is 3. The Morgan fingerprint density at radius 2 is 1.62 bits per heavy atom. The van der Waals surface area contributed by atoms with Crippen molar-refractivity contribution in [3.8, 4) is 11.5 Å². The van der Waals surface area contributed by atoms with Gasteiger partial charge in [-0.3, -0.25) is 14.4 Å². The molecular formula is C25H31N3O5S. The second kappa shape index (κ2) is 12.3. The normalized spacial score (nSPS) is 13.4. The van der Waals surface area contributed by atoms with Gasteiger partial charge in [0.2, 0.25) is 11.8 Å². The maximum Gasteiger partial charge on any atom is 0.255 e. The third-order valence-corrected chi connectivity index (χ3v) is 6.75. The molecule has 3 amide bonds. The van der Waals surface area contributed by atoms with Crippen LogP contribution in [0, 0.1) is 0 Å². The highest BCUT2D eigenvalue weighted by atomic mass is 32.2. The van der Waals surface area contributed by atoms with Crippen LogP contribution in [0.4, 0.5) is 0 Å². The van der Waals surface area contributed by atoms with Gasteiger partial charge in [-0.05, 0) is 36.2 Å². The summed E-state index contributed by atoms with van der Waals surface area (Å²) in [7, 11) is 3.19. The second-order valence-electron chi connectivity index (χ2n) is 7.87. The van der Waals surface area contributed by atoms with Crippen LogP contribution in [0.15, 0.2) is 47.4 Å². The molecule has 0 aliphatic carbocycles. The Morgan fingerprint density at radius 1 is 0.941 bits per heavy atom. The Kier molecular flexibility index (Phi) is 9.21. The van der Waals surface area contributed by atoms with Gasteiger partial charge < -0.3 is 24.6 Å². The van der Waals surface area contributed by atoms with Gasteiger partial charge in [-0.25, -0.2) is 0 Å². The number of methoxy groups -OCH3 is 2. The summed E-state index contributed by atoms with van der Waals surface area (Å²) in [6.07, 6.45) is 0.665. The molecule has 1 saturated heterocycles. The van der Waals surface area contributed by atoms with Crippen LogP contribution in [0.5, 0.6) is 11.5 Å². The van der Waals surface area contributed by atoms with Gasteiger partial charge in [0.15, 0.2) is 11.5 Å². The number of carbonyl (C=O) groups is 3. The average molecular weight is 486 g/mol. The van der Waals surface area contributed by atoms with Crippen LogP contribution >= 0.6 is 11.8 Å². The highest BCUT2D eigenvalue weighted by Crippen LogP contribution is 2.28. The Labute approximate surface area is 204 Å². The summed E-state index contributed by atoms with van der Waals surface area (Å²) < 4.78 is 10.6. The minimum Gasteiger partial charge on any atom is -0.493 e. The van der Waals surface area contributed by atoms with Crippen LogP contribution in [0.25, 0.3) is 0 Å². The van der Waals surface area contributed by atoms with Crippen molar-refractivity contribution in [3.63, 3.8) is 0 Å². The van der Waals surface area contributed by atoms with Crippen molar-refractivity contribution in [2.45, 2.75) is 18.2 Å². The van der Waals surface area contributed by atoms with E-state index < -0.39 is 0 Å². The summed E-state index contributed by atoms with van der Waals surface area (Å²) >= 11 is 1.35. The molecular weight excluding hydrogens is 454 g/mol. The number of hydrogen-bond acceptors (Lipinski definition) is 6. The first-order chi connectivity index (χ1) is 16.4. The number of nitrogens with one attached hydrogen (secondary N) is 1. The molecule has 0 aromatic heterocycles. The largest absolute Gasteiger partial charge is 0.493 e. The van der Waals surface area contributed by atoms with E-state index in [1.807, 2.05) is 36.4 Å². The lowest BCUT2D eigenvalue weighted by molar-refractivity contribution is -0.130. The Balaban J connectivity index is 1.50. The van der Waals surface area contributed by atoms with E-state index in [1.54, 1.807) is 37.0 Å². The molecule has 2 aromatic carbocycles. The fourth-order valence-electron chi connectivity index (χ4n) is 3.74. The minimum atomic E-state index is -0.0946. The average Bonchev–Trinajstić information content (AvgIpc) is 2.87. The van der Waals surface area contributed by atoms with Gasteiger partial charge in [0, 0.05) is 44.5 Å². The Morgan fingerprint density at radius 3 is 2.29 bits per heavy atom. The number of hydrogen-bond donors (Lipinski definition) is 1. The van der Waals surface area contributed by atoms with Crippen molar-refractivity contribution in [1.82, 2.24) is 15.1 Å². The van der Waals surface area contributed by atoms with Gasteiger partial charge in [-0.15, -0.1) is 11.8 Å². The maximum absolute atomic E-state index is 13.1. The standard InChI is InChI=1S/C25H31N3O5S/c1-18(29)27-12-14-28(15-13-27)25(31)20-6-4-5-7-23(20)34-17-24(30)26-11-10-19-8-9-21(32-2)22(16-19)33-3/h4-9,16H,10-15,17H2,1-3H3,(H,26,30). The summed E-state index contributed by atoms with van der Waals surface area (Å²) in [6.45, 7) is 4.14. The van der Waals surface area contributed by atoms with Gasteiger partial charge in [0.05, 0.1) is 25.5 Å². The molecule has 0 radical (unpaired) electrons. The first-order valence-corrected chi connectivity index (χ1v) is 12.2. The molecule has 9 heteroatoms. The van der Waals surface area contributed by atoms with Gasteiger partial charge in [-0.1, -0.05) is 18.2 Å². The van der Waals surface area contributed by atoms with Crippen molar-refractivity contribution < 1.29 is 23.9 Å². The Bertz CT molecular complexity index is 1020. The molecule has 34 heavy (non-hydrogen) atoms. The lowest BCUT2D eigenvalue weighted by Crippen LogP contribution is -2.50. The lowest BCUT2D eigenvalue weighted by Gasteiger charge is -2.34. The molecule has 182 valence electrons. The molecule has 3 rings (SSSR count). The molecule has 1 heterocycles. The third kappa shape index (κ3) is 6.66. The van der Waals surface area contributed by atoms with Crippen molar-refractivity contribution in [3.05, 3.63) is 53.6 Å². The molecule has 2 aromatic rings. The SMILES string of the molecule is COc1ccc(CCNC(=O)CSc2ccccc2C(=O)N2CCN(C(C)=O)CC2)cc1OC. The number of amides is 3. The molecule has 0 atom stereocenters. The number of nitrogens with zero attached hydrogens (tertiary/aromatic N) is 2. The zero-order valence-corrected chi connectivity index (χ0v) is 20.7. The summed E-state index contributed by atoms with van der Waals surface area (Å²) in [6, 6.07) is 13.0. The quantitative estimate of drug-likeness (QED) is 0.549. The first-order valence-electron chi connectivity index (χ1n) is 11.2. The summed E-state index contributed by atoms with van der Waals surface area (Å²) in [5, 5.41) is 2.93. The topological polar surface area (TPSA) is 88.2 Å². The smallest absolute Gasteiger partial charge is 0.255 e. The molecule has 8 nitrogen and oxygen atoms in total. The van der Waals surface area contributed by atoms with E-state index >= 15 is 0 Å². The Hall–Kier alpha value is -3.20. The molecule has 0 bridgehead atoms. The van der Waals surface area contributed by atoms with Gasteiger partial charge in [-0.2, -0.15) is 0 Å². The molecule has 0 saturated carbocycles. The fraction of sp³-hybridized carbons (Fsp3) is 0.400. The number of rotatable bonds is 9. The number of benzene rings is 2. The van der Waals surface area contributed by atoms with Crippen LogP contribution in [-0.2, 0) is 16.0 Å². The van der Waals surface area contributed by atoms with Crippen molar-refractivity contribution in [1.29, 1.82) is 0 Å². The van der Waals surface area contributed by atoms with E-state index in [0.29, 0.717) is 56.2 Å². The van der Waals surface area contributed by atoms with Crippen LogP contribution in [-0.4, -0.2) is 80.2 Å². The van der Waals surface area contributed by atoms with E-state index in [1.165, 1.54) is 11.8 Å². The molecule has 0 unspecified atom stereocenters. The van der Waals surface area contributed by atoms with E-state index in [2.05, 4.69) is 5.32 Å². The number of thioether (sulfide) groups is 1. The molecule has 1 aliphatic heterocycles. The zero-order valence-electron chi connectivity index (χ0n) is 19.8.